The molecule has 1 aromatic rings. The second kappa shape index (κ2) is 7.79. The maximum Gasteiger partial charge on any atom is 0.310 e. The van der Waals surface area contributed by atoms with E-state index in [9.17, 15) is 14.7 Å². The molecule has 1 fully saturated rings. The van der Waals surface area contributed by atoms with Crippen LogP contribution in [0.4, 0.5) is 0 Å². The zero-order chi connectivity index (χ0) is 17.7. The minimum absolute atomic E-state index is 0.0385. The highest BCUT2D eigenvalue weighted by Crippen LogP contribution is 2.29. The van der Waals surface area contributed by atoms with Crippen molar-refractivity contribution in [1.82, 2.24) is 10.2 Å². The SMILES string of the molecule is CC(C)c1ccc(CCNC(=O)CN2CCC(C)(C(=O)O)C2)cc1. The fourth-order valence-corrected chi connectivity index (χ4v) is 3.04. The Bertz CT molecular complexity index is 583. The van der Waals surface area contributed by atoms with Gasteiger partial charge in [-0.25, -0.2) is 0 Å². The number of amides is 1. The van der Waals surface area contributed by atoms with Gasteiger partial charge in [0.2, 0.25) is 5.91 Å². The van der Waals surface area contributed by atoms with Crippen molar-refractivity contribution in [2.75, 3.05) is 26.2 Å². The molecule has 1 heterocycles. The topological polar surface area (TPSA) is 69.6 Å². The van der Waals surface area contributed by atoms with Crippen LogP contribution in [0.3, 0.4) is 0 Å². The molecule has 1 amide bonds. The molecule has 0 saturated carbocycles. The van der Waals surface area contributed by atoms with Gasteiger partial charge in [-0.05, 0) is 43.4 Å². The predicted octanol–water partition coefficient (Wildman–Crippen LogP) is 2.27. The summed E-state index contributed by atoms with van der Waals surface area (Å²) in [5, 5.41) is 12.1. The normalized spacial score (nSPS) is 21.2. The van der Waals surface area contributed by atoms with E-state index in [4.69, 9.17) is 0 Å². The number of nitrogens with zero attached hydrogens (tertiary/aromatic N) is 1. The van der Waals surface area contributed by atoms with Crippen LogP contribution in [-0.4, -0.2) is 48.1 Å². The standard InChI is InChI=1S/C19H28N2O3/c1-14(2)16-6-4-15(5-7-16)8-10-20-17(22)12-21-11-9-19(3,13-21)18(23)24/h4-7,14H,8-13H2,1-3H3,(H,20,22)(H,23,24). The Labute approximate surface area is 144 Å². The second-order valence-electron chi connectivity index (χ2n) is 7.32. The molecule has 5 nitrogen and oxygen atoms in total. The number of hydrogen-bond acceptors (Lipinski definition) is 3. The Hall–Kier alpha value is -1.88. The maximum absolute atomic E-state index is 12.0. The van der Waals surface area contributed by atoms with Gasteiger partial charge in [-0.3, -0.25) is 14.5 Å². The van der Waals surface area contributed by atoms with Gasteiger partial charge in [0, 0.05) is 13.1 Å². The molecule has 1 atom stereocenters. The molecule has 0 bridgehead atoms. The number of likely N-dealkylation sites (tertiary alicyclic amines) is 1. The smallest absolute Gasteiger partial charge is 0.310 e. The summed E-state index contributed by atoms with van der Waals surface area (Å²) >= 11 is 0. The molecule has 0 radical (unpaired) electrons. The Morgan fingerprint density at radius 2 is 1.96 bits per heavy atom. The first-order valence-corrected chi connectivity index (χ1v) is 8.61. The summed E-state index contributed by atoms with van der Waals surface area (Å²) in [5.41, 5.74) is 1.80. The molecule has 1 aromatic carbocycles. The monoisotopic (exact) mass is 332 g/mol. The molecule has 1 saturated heterocycles. The van der Waals surface area contributed by atoms with Gasteiger partial charge in [0.1, 0.15) is 0 Å². The average Bonchev–Trinajstić information content (AvgIpc) is 2.90. The zero-order valence-electron chi connectivity index (χ0n) is 14.8. The van der Waals surface area contributed by atoms with Gasteiger partial charge in [-0.2, -0.15) is 0 Å². The fourth-order valence-electron chi connectivity index (χ4n) is 3.04. The third kappa shape index (κ3) is 4.81. The van der Waals surface area contributed by atoms with E-state index in [1.54, 1.807) is 6.92 Å². The summed E-state index contributed by atoms with van der Waals surface area (Å²) in [4.78, 5) is 25.2. The summed E-state index contributed by atoms with van der Waals surface area (Å²) in [6.45, 7) is 8.05. The minimum Gasteiger partial charge on any atom is -0.481 e. The molecular weight excluding hydrogens is 304 g/mol. The van der Waals surface area contributed by atoms with Crippen molar-refractivity contribution >= 4 is 11.9 Å². The van der Waals surface area contributed by atoms with Crippen LogP contribution in [0.15, 0.2) is 24.3 Å². The average molecular weight is 332 g/mol. The van der Waals surface area contributed by atoms with Gasteiger partial charge in [0.15, 0.2) is 0 Å². The molecule has 0 aromatic heterocycles. The van der Waals surface area contributed by atoms with Crippen molar-refractivity contribution in [3.63, 3.8) is 0 Å². The second-order valence-corrected chi connectivity index (χ2v) is 7.32. The van der Waals surface area contributed by atoms with E-state index in [0.717, 1.165) is 6.42 Å². The van der Waals surface area contributed by atoms with E-state index < -0.39 is 11.4 Å². The van der Waals surface area contributed by atoms with Crippen LogP contribution in [-0.2, 0) is 16.0 Å². The summed E-state index contributed by atoms with van der Waals surface area (Å²) in [6.07, 6.45) is 1.40. The van der Waals surface area contributed by atoms with Gasteiger partial charge in [-0.15, -0.1) is 0 Å². The molecule has 0 spiro atoms. The number of carbonyl (C=O) groups is 2. The third-order valence-electron chi connectivity index (χ3n) is 4.82. The van der Waals surface area contributed by atoms with E-state index >= 15 is 0 Å². The van der Waals surface area contributed by atoms with E-state index in [-0.39, 0.29) is 12.5 Å². The van der Waals surface area contributed by atoms with E-state index in [2.05, 4.69) is 43.4 Å². The number of nitrogens with one attached hydrogen (secondary N) is 1. The van der Waals surface area contributed by atoms with Gasteiger partial charge in [0.05, 0.1) is 12.0 Å². The molecule has 132 valence electrons. The van der Waals surface area contributed by atoms with Crippen molar-refractivity contribution in [2.45, 2.75) is 39.5 Å². The Balaban J connectivity index is 1.71. The highest BCUT2D eigenvalue weighted by atomic mass is 16.4. The third-order valence-corrected chi connectivity index (χ3v) is 4.82. The number of carbonyl (C=O) groups excluding carboxylic acids is 1. The largest absolute Gasteiger partial charge is 0.481 e. The van der Waals surface area contributed by atoms with Crippen LogP contribution in [0, 0.1) is 5.41 Å². The number of hydrogen-bond donors (Lipinski definition) is 2. The molecule has 2 N–H and O–H groups in total. The number of aliphatic carboxylic acids is 1. The van der Waals surface area contributed by atoms with Crippen LogP contribution >= 0.6 is 0 Å². The first-order valence-electron chi connectivity index (χ1n) is 8.61. The highest BCUT2D eigenvalue weighted by Gasteiger charge is 2.40. The van der Waals surface area contributed by atoms with Gasteiger partial charge in [0.25, 0.3) is 0 Å². The molecule has 5 heteroatoms. The molecule has 1 aliphatic rings. The lowest BCUT2D eigenvalue weighted by molar-refractivity contribution is -0.147. The zero-order valence-corrected chi connectivity index (χ0v) is 14.8. The van der Waals surface area contributed by atoms with Crippen molar-refractivity contribution in [2.24, 2.45) is 5.41 Å². The summed E-state index contributed by atoms with van der Waals surface area (Å²) in [6, 6.07) is 8.50. The maximum atomic E-state index is 12.0. The highest BCUT2D eigenvalue weighted by molar-refractivity contribution is 5.79. The van der Waals surface area contributed by atoms with Crippen LogP contribution in [0.25, 0.3) is 0 Å². The van der Waals surface area contributed by atoms with Crippen LogP contribution in [0.5, 0.6) is 0 Å². The quantitative estimate of drug-likeness (QED) is 0.803. The van der Waals surface area contributed by atoms with Gasteiger partial charge >= 0.3 is 5.97 Å². The Morgan fingerprint density at radius 3 is 2.50 bits per heavy atom. The molecule has 2 rings (SSSR count). The summed E-state index contributed by atoms with van der Waals surface area (Å²) in [7, 11) is 0. The van der Waals surface area contributed by atoms with Gasteiger partial charge in [-0.1, -0.05) is 38.1 Å². The number of benzene rings is 1. The van der Waals surface area contributed by atoms with Crippen LogP contribution in [0.2, 0.25) is 0 Å². The van der Waals surface area contributed by atoms with E-state index in [0.29, 0.717) is 32.0 Å². The van der Waals surface area contributed by atoms with Crippen molar-refractivity contribution in [3.05, 3.63) is 35.4 Å². The van der Waals surface area contributed by atoms with E-state index in [1.165, 1.54) is 11.1 Å². The Kier molecular flexibility index (Phi) is 5.99. The molecule has 1 aliphatic heterocycles. The van der Waals surface area contributed by atoms with Crippen molar-refractivity contribution < 1.29 is 14.7 Å². The van der Waals surface area contributed by atoms with Crippen molar-refractivity contribution in [3.8, 4) is 0 Å². The van der Waals surface area contributed by atoms with E-state index in [1.807, 2.05) is 4.90 Å². The lowest BCUT2D eigenvalue weighted by atomic mass is 9.90. The van der Waals surface area contributed by atoms with Crippen LogP contribution in [0.1, 0.15) is 44.2 Å². The lowest BCUT2D eigenvalue weighted by Gasteiger charge is -2.19. The molecule has 24 heavy (non-hydrogen) atoms. The molecular formula is C19H28N2O3. The van der Waals surface area contributed by atoms with Crippen molar-refractivity contribution in [1.29, 1.82) is 0 Å². The summed E-state index contributed by atoms with van der Waals surface area (Å²) in [5.74, 6) is -0.297. The number of rotatable bonds is 7. The van der Waals surface area contributed by atoms with Gasteiger partial charge < -0.3 is 10.4 Å². The first kappa shape index (κ1) is 18.5. The minimum atomic E-state index is -0.782. The van der Waals surface area contributed by atoms with Crippen LogP contribution < -0.4 is 5.32 Å². The number of carboxylic acid groups (broad SMARTS) is 1. The number of carboxylic acids is 1. The molecule has 0 aliphatic carbocycles. The summed E-state index contributed by atoms with van der Waals surface area (Å²) < 4.78 is 0. The predicted molar refractivity (Wildman–Crippen MR) is 94.0 cm³/mol. The first-order chi connectivity index (χ1) is 11.3. The lowest BCUT2D eigenvalue weighted by Crippen LogP contribution is -2.39. The molecule has 1 unspecified atom stereocenters. The Morgan fingerprint density at radius 1 is 1.29 bits per heavy atom. The fraction of sp³-hybridized carbons (Fsp3) is 0.579.